The summed E-state index contributed by atoms with van der Waals surface area (Å²) in [7, 11) is 0. The summed E-state index contributed by atoms with van der Waals surface area (Å²) < 4.78 is 46.3. The highest BCUT2D eigenvalue weighted by molar-refractivity contribution is 6.09. The molecule has 0 radical (unpaired) electrons. The lowest BCUT2D eigenvalue weighted by Crippen LogP contribution is -1.95. The highest BCUT2D eigenvalue weighted by Gasteiger charge is 2.14. The van der Waals surface area contributed by atoms with E-state index in [1.54, 1.807) is 13.0 Å². The van der Waals surface area contributed by atoms with Gasteiger partial charge in [0.1, 0.15) is 11.2 Å². The Labute approximate surface area is 158 Å². The summed E-state index contributed by atoms with van der Waals surface area (Å²) in [5.74, 6) is 0.0834. The molecule has 3 aromatic carbocycles. The van der Waals surface area contributed by atoms with Gasteiger partial charge in [0, 0.05) is 27.6 Å². The third-order valence-corrected chi connectivity index (χ3v) is 4.26. The van der Waals surface area contributed by atoms with Crippen molar-refractivity contribution < 1.29 is 11.3 Å². The minimum Gasteiger partial charge on any atom is -0.455 e. The van der Waals surface area contributed by atoms with Crippen molar-refractivity contribution >= 4 is 21.9 Å². The number of benzene rings is 3. The molecule has 0 saturated heterocycles. The highest BCUT2D eigenvalue weighted by Crippen LogP contribution is 2.35. The molecule has 26 heavy (non-hydrogen) atoms. The summed E-state index contributed by atoms with van der Waals surface area (Å²) in [5.41, 5.74) is 3.33. The van der Waals surface area contributed by atoms with Crippen molar-refractivity contribution in [2.24, 2.45) is 0 Å². The molecule has 0 amide bonds. The van der Waals surface area contributed by atoms with E-state index in [0.717, 1.165) is 21.9 Å². The second kappa shape index (κ2) is 5.81. The van der Waals surface area contributed by atoms with Gasteiger partial charge in [-0.05, 0) is 25.1 Å². The Kier molecular flexibility index (Phi) is 2.35. The molecule has 0 unspecified atom stereocenters. The van der Waals surface area contributed by atoms with Crippen molar-refractivity contribution in [1.29, 1.82) is 0 Å². The number of nitrogens with zero attached hydrogens (tertiary/aromatic N) is 2. The van der Waals surface area contributed by atoms with E-state index < -0.39 is 18.1 Å². The lowest BCUT2D eigenvalue weighted by molar-refractivity contribution is 0.670. The molecular weight excluding hydrogens is 320 g/mol. The Morgan fingerprint density at radius 3 is 2.58 bits per heavy atom. The first-order valence-corrected chi connectivity index (χ1v) is 8.20. The Balaban J connectivity index is 1.79. The fraction of sp³-hybridized carbons (Fsp3) is 0.0435. The van der Waals surface area contributed by atoms with Crippen LogP contribution < -0.4 is 0 Å². The zero-order valence-corrected chi connectivity index (χ0v) is 13.9. The largest absolute Gasteiger partial charge is 0.455 e. The van der Waals surface area contributed by atoms with E-state index in [1.807, 2.05) is 42.5 Å². The highest BCUT2D eigenvalue weighted by atomic mass is 16.3. The number of para-hydroxylation sites is 2. The Morgan fingerprint density at radius 2 is 1.69 bits per heavy atom. The van der Waals surface area contributed by atoms with Gasteiger partial charge < -0.3 is 4.42 Å². The Bertz CT molecular complexity index is 1480. The number of hydrogen-bond donors (Lipinski definition) is 0. The van der Waals surface area contributed by atoms with E-state index in [1.165, 1.54) is 0 Å². The average Bonchev–Trinajstić information content (AvgIpc) is 3.15. The number of hydrogen-bond acceptors (Lipinski definition) is 3. The summed E-state index contributed by atoms with van der Waals surface area (Å²) in [6.07, 6.45) is 0. The van der Waals surface area contributed by atoms with Crippen molar-refractivity contribution in [3.63, 3.8) is 0 Å². The van der Waals surface area contributed by atoms with Crippen LogP contribution in [-0.4, -0.2) is 9.97 Å². The van der Waals surface area contributed by atoms with Crippen LogP contribution in [-0.2, 0) is 0 Å². The topological polar surface area (TPSA) is 38.9 Å². The summed E-state index contributed by atoms with van der Waals surface area (Å²) in [4.78, 5) is 8.97. The third-order valence-electron chi connectivity index (χ3n) is 4.26. The molecule has 3 heteroatoms. The first kappa shape index (κ1) is 10.5. The van der Waals surface area contributed by atoms with Crippen LogP contribution in [0.1, 0.15) is 12.5 Å². The normalized spacial score (nSPS) is 14.0. The summed E-state index contributed by atoms with van der Waals surface area (Å²) in [6, 6.07) is 13.4. The molecule has 0 aliphatic rings. The van der Waals surface area contributed by atoms with Gasteiger partial charge in [0.15, 0.2) is 5.82 Å². The molecule has 0 atom stereocenters. The predicted octanol–water partition coefficient (Wildman–Crippen LogP) is 6.02. The molecule has 5 aromatic rings. The minimum absolute atomic E-state index is 0.0206. The molecule has 0 fully saturated rings. The van der Waals surface area contributed by atoms with Gasteiger partial charge in [-0.15, -0.1) is 0 Å². The number of fused-ring (bicyclic) bond motifs is 3. The molecule has 0 aliphatic carbocycles. The molecule has 2 heterocycles. The smallest absolute Gasteiger partial charge is 0.160 e. The fourth-order valence-corrected chi connectivity index (χ4v) is 3.13. The van der Waals surface area contributed by atoms with Crippen molar-refractivity contribution in [2.45, 2.75) is 6.92 Å². The van der Waals surface area contributed by atoms with Gasteiger partial charge in [-0.25, -0.2) is 9.97 Å². The molecule has 124 valence electrons. The fourth-order valence-electron chi connectivity index (χ4n) is 3.13. The monoisotopic (exact) mass is 341 g/mol. The van der Waals surface area contributed by atoms with E-state index in [2.05, 4.69) is 9.97 Å². The zero-order valence-electron chi connectivity index (χ0n) is 18.9. The maximum absolute atomic E-state index is 8.25. The second-order valence-corrected chi connectivity index (χ2v) is 6.00. The number of aromatic nitrogens is 2. The van der Waals surface area contributed by atoms with Gasteiger partial charge in [0.25, 0.3) is 0 Å². The second-order valence-electron chi connectivity index (χ2n) is 6.00. The first-order valence-electron chi connectivity index (χ1n) is 10.7. The first-order chi connectivity index (χ1) is 14.9. The Hall–Kier alpha value is -3.46. The van der Waals surface area contributed by atoms with Gasteiger partial charge in [0.2, 0.25) is 0 Å². The van der Waals surface area contributed by atoms with Gasteiger partial charge in [-0.1, -0.05) is 60.5 Å². The number of furan rings is 1. The quantitative estimate of drug-likeness (QED) is 0.394. The van der Waals surface area contributed by atoms with Crippen LogP contribution in [0.25, 0.3) is 44.6 Å². The van der Waals surface area contributed by atoms with Gasteiger partial charge in [0.05, 0.1) is 12.5 Å². The molecule has 0 bridgehead atoms. The molecule has 0 aliphatic heterocycles. The van der Waals surface area contributed by atoms with E-state index in [-0.39, 0.29) is 23.5 Å². The van der Waals surface area contributed by atoms with Crippen molar-refractivity contribution in [3.8, 4) is 22.6 Å². The maximum Gasteiger partial charge on any atom is 0.160 e. The van der Waals surface area contributed by atoms with E-state index >= 15 is 0 Å². The van der Waals surface area contributed by atoms with Crippen molar-refractivity contribution in [1.82, 2.24) is 9.97 Å². The molecular formula is C23H16N2O. The zero-order chi connectivity index (χ0) is 21.9. The summed E-state index contributed by atoms with van der Waals surface area (Å²) in [6.45, 7) is 1.78. The maximum atomic E-state index is 8.25. The van der Waals surface area contributed by atoms with Crippen LogP contribution in [0.4, 0.5) is 0 Å². The van der Waals surface area contributed by atoms with Gasteiger partial charge in [-0.2, -0.15) is 0 Å². The van der Waals surface area contributed by atoms with Crippen LogP contribution in [0.3, 0.4) is 0 Å². The molecule has 3 nitrogen and oxygen atoms in total. The van der Waals surface area contributed by atoms with Crippen LogP contribution in [0.15, 0.2) is 83.2 Å². The number of rotatable bonds is 2. The van der Waals surface area contributed by atoms with E-state index in [4.69, 9.17) is 11.3 Å². The van der Waals surface area contributed by atoms with Gasteiger partial charge >= 0.3 is 0 Å². The third kappa shape index (κ3) is 2.37. The standard InChI is InChI=1S/C23H16N2O/c1-15-14-20(25-23(24-15)16-8-3-2-4-9-16)19-12-7-11-18-17-10-5-6-13-21(17)26-22(18)19/h2-14H,1H3/i2D,3D,4D,8D,9D. The SMILES string of the molecule is [2H]c1c([2H])c([2H])c(-c2nc(C)cc(-c3cccc4c3oc3ccccc34)n2)c([2H])c1[2H]. The van der Waals surface area contributed by atoms with E-state index in [9.17, 15) is 0 Å². The van der Waals surface area contributed by atoms with Crippen molar-refractivity contribution in [2.75, 3.05) is 0 Å². The van der Waals surface area contributed by atoms with Gasteiger partial charge in [-0.3, -0.25) is 0 Å². The molecule has 0 N–H and O–H groups in total. The lowest BCUT2D eigenvalue weighted by Gasteiger charge is -2.07. The molecule has 5 rings (SSSR count). The number of aryl methyl sites for hydroxylation is 1. The van der Waals surface area contributed by atoms with Crippen molar-refractivity contribution in [3.05, 3.63) is 84.4 Å². The summed E-state index contributed by atoms with van der Waals surface area (Å²) in [5, 5.41) is 1.95. The van der Waals surface area contributed by atoms with Crippen LogP contribution >= 0.6 is 0 Å². The lowest BCUT2D eigenvalue weighted by atomic mass is 10.1. The molecule has 0 spiro atoms. The Morgan fingerprint density at radius 1 is 0.885 bits per heavy atom. The predicted molar refractivity (Wildman–Crippen MR) is 105 cm³/mol. The minimum atomic E-state index is -0.446. The van der Waals surface area contributed by atoms with Crippen LogP contribution in [0.2, 0.25) is 0 Å². The van der Waals surface area contributed by atoms with E-state index in [0.29, 0.717) is 17.0 Å². The average molecular weight is 341 g/mol. The van der Waals surface area contributed by atoms with Crippen LogP contribution in [0, 0.1) is 6.92 Å². The van der Waals surface area contributed by atoms with Crippen LogP contribution in [0.5, 0.6) is 0 Å². The molecule has 2 aromatic heterocycles. The molecule has 0 saturated carbocycles. The summed E-state index contributed by atoms with van der Waals surface area (Å²) >= 11 is 0.